The topological polar surface area (TPSA) is 70.7 Å². The van der Waals surface area contributed by atoms with E-state index < -0.39 is 5.54 Å². The van der Waals surface area contributed by atoms with Crippen LogP contribution < -0.4 is 10.6 Å². The maximum absolute atomic E-state index is 13.3. The molecule has 2 N–H and O–H groups in total. The van der Waals surface area contributed by atoms with E-state index in [1.807, 2.05) is 24.3 Å². The highest BCUT2D eigenvalue weighted by Gasteiger charge is 2.65. The van der Waals surface area contributed by atoms with Gasteiger partial charge in [0.25, 0.3) is 0 Å². The fourth-order valence-electron chi connectivity index (χ4n) is 5.52. The second-order valence-electron chi connectivity index (χ2n) is 7.94. The fourth-order valence-corrected chi connectivity index (χ4v) is 5.52. The number of hydrogen-bond acceptors (Lipinski definition) is 4. The lowest BCUT2D eigenvalue weighted by Gasteiger charge is -2.37. The monoisotopic (exact) mass is 355 g/mol. The molecule has 4 heterocycles. The Labute approximate surface area is 153 Å². The average Bonchev–Trinajstić information content (AvgIpc) is 3.31. The molecule has 1 aromatic carbocycles. The molecule has 4 aliphatic heterocycles. The van der Waals surface area contributed by atoms with Crippen LogP contribution in [0.1, 0.15) is 37.7 Å². The van der Waals surface area contributed by atoms with E-state index in [0.717, 1.165) is 49.9 Å². The lowest BCUT2D eigenvalue weighted by atomic mass is 9.78. The van der Waals surface area contributed by atoms with Gasteiger partial charge in [-0.05, 0) is 44.7 Å². The number of benzene rings is 1. The molecule has 1 aromatic rings. The average molecular weight is 355 g/mol. The molecule has 0 saturated carbocycles. The van der Waals surface area contributed by atoms with Crippen molar-refractivity contribution in [1.29, 1.82) is 0 Å². The molecule has 6 nitrogen and oxygen atoms in total. The third-order valence-corrected chi connectivity index (χ3v) is 6.66. The Bertz CT molecular complexity index is 746. The quantitative estimate of drug-likeness (QED) is 0.846. The van der Waals surface area contributed by atoms with Crippen LogP contribution in [0, 0.1) is 5.92 Å². The molecular weight excluding hydrogens is 330 g/mol. The second-order valence-corrected chi connectivity index (χ2v) is 7.94. The van der Waals surface area contributed by atoms with Gasteiger partial charge in [0, 0.05) is 36.5 Å². The Morgan fingerprint density at radius 2 is 2.04 bits per heavy atom. The van der Waals surface area contributed by atoms with Gasteiger partial charge in [0.1, 0.15) is 5.54 Å². The van der Waals surface area contributed by atoms with Crippen LogP contribution in [-0.4, -0.2) is 48.6 Å². The molecule has 0 aliphatic carbocycles. The van der Waals surface area contributed by atoms with Crippen LogP contribution in [0.25, 0.3) is 0 Å². The van der Waals surface area contributed by atoms with Crippen molar-refractivity contribution in [2.45, 2.75) is 49.7 Å². The van der Waals surface area contributed by atoms with E-state index in [4.69, 9.17) is 4.74 Å². The van der Waals surface area contributed by atoms with Crippen molar-refractivity contribution in [3.05, 3.63) is 29.8 Å². The predicted molar refractivity (Wildman–Crippen MR) is 96.6 cm³/mol. The van der Waals surface area contributed by atoms with Crippen molar-refractivity contribution in [2.75, 3.05) is 25.1 Å². The Balaban J connectivity index is 1.52. The molecular formula is C20H25N3O3. The van der Waals surface area contributed by atoms with Gasteiger partial charge in [0.2, 0.25) is 11.8 Å². The molecule has 1 spiro atoms. The highest BCUT2D eigenvalue weighted by atomic mass is 16.5. The van der Waals surface area contributed by atoms with E-state index in [-0.39, 0.29) is 23.8 Å². The van der Waals surface area contributed by atoms with Gasteiger partial charge in [-0.2, -0.15) is 0 Å². The summed E-state index contributed by atoms with van der Waals surface area (Å²) in [6, 6.07) is 8.34. The minimum atomic E-state index is -0.840. The molecule has 26 heavy (non-hydrogen) atoms. The van der Waals surface area contributed by atoms with Gasteiger partial charge in [-0.15, -0.1) is 0 Å². The Hall–Kier alpha value is -1.92. The van der Waals surface area contributed by atoms with Crippen LogP contribution in [0.3, 0.4) is 0 Å². The molecule has 0 unspecified atom stereocenters. The first-order valence-corrected chi connectivity index (χ1v) is 9.77. The largest absolute Gasteiger partial charge is 0.381 e. The smallest absolute Gasteiger partial charge is 0.250 e. The van der Waals surface area contributed by atoms with Crippen molar-refractivity contribution < 1.29 is 14.3 Å². The van der Waals surface area contributed by atoms with Crippen molar-refractivity contribution in [1.82, 2.24) is 10.2 Å². The highest BCUT2D eigenvalue weighted by molar-refractivity contribution is 6.09. The van der Waals surface area contributed by atoms with Crippen molar-refractivity contribution in [2.24, 2.45) is 5.92 Å². The Kier molecular flexibility index (Phi) is 3.79. The minimum Gasteiger partial charge on any atom is -0.381 e. The van der Waals surface area contributed by atoms with Crippen LogP contribution in [0.2, 0.25) is 0 Å². The van der Waals surface area contributed by atoms with E-state index in [9.17, 15) is 9.59 Å². The van der Waals surface area contributed by atoms with Crippen LogP contribution in [0.4, 0.5) is 5.69 Å². The number of ether oxygens (including phenoxy) is 1. The summed E-state index contributed by atoms with van der Waals surface area (Å²) in [6.45, 7) is 2.27. The maximum Gasteiger partial charge on any atom is 0.250 e. The first-order valence-electron chi connectivity index (χ1n) is 9.77. The standard InChI is InChI=1S/C20H25N3O3/c24-18(21-13-7-10-26-11-8-13)16-12-14-4-3-9-23(14)20(16)15-5-1-2-6-17(15)22-19(20)25/h1-2,5-6,13-14,16H,3-4,7-12H2,(H,21,24)(H,22,25)/t14-,16+,20+/m1/s1. The molecule has 4 aliphatic rings. The van der Waals surface area contributed by atoms with Crippen LogP contribution in [0.5, 0.6) is 0 Å². The number of rotatable bonds is 2. The van der Waals surface area contributed by atoms with Gasteiger partial charge >= 0.3 is 0 Å². The Morgan fingerprint density at radius 1 is 1.23 bits per heavy atom. The molecule has 6 heteroatoms. The summed E-state index contributed by atoms with van der Waals surface area (Å²) in [6.07, 6.45) is 4.62. The number of carbonyl (C=O) groups is 2. The lowest BCUT2D eigenvalue weighted by molar-refractivity contribution is -0.138. The van der Waals surface area contributed by atoms with Crippen LogP contribution >= 0.6 is 0 Å². The van der Waals surface area contributed by atoms with Gasteiger partial charge in [0.15, 0.2) is 0 Å². The molecule has 138 valence electrons. The summed E-state index contributed by atoms with van der Waals surface area (Å²) in [5.41, 5.74) is 0.989. The van der Waals surface area contributed by atoms with E-state index in [0.29, 0.717) is 19.3 Å². The van der Waals surface area contributed by atoms with Gasteiger partial charge in [-0.25, -0.2) is 0 Å². The summed E-state index contributed by atoms with van der Waals surface area (Å²) in [5, 5.41) is 6.28. The second kappa shape index (κ2) is 6.06. The third-order valence-electron chi connectivity index (χ3n) is 6.66. The zero-order chi connectivity index (χ0) is 17.7. The van der Waals surface area contributed by atoms with Crippen molar-refractivity contribution in [3.8, 4) is 0 Å². The first kappa shape index (κ1) is 16.3. The fraction of sp³-hybridized carbons (Fsp3) is 0.600. The predicted octanol–water partition coefficient (Wildman–Crippen LogP) is 1.61. The zero-order valence-corrected chi connectivity index (χ0v) is 14.9. The van der Waals surface area contributed by atoms with E-state index >= 15 is 0 Å². The molecule has 2 amide bonds. The van der Waals surface area contributed by atoms with Crippen molar-refractivity contribution >= 4 is 17.5 Å². The van der Waals surface area contributed by atoms with Gasteiger partial charge in [-0.1, -0.05) is 18.2 Å². The summed E-state index contributed by atoms with van der Waals surface area (Å²) >= 11 is 0. The lowest BCUT2D eigenvalue weighted by Crippen LogP contribution is -2.55. The molecule has 3 saturated heterocycles. The number of fused-ring (bicyclic) bond motifs is 4. The highest BCUT2D eigenvalue weighted by Crippen LogP contribution is 2.55. The molecule has 3 fully saturated rings. The van der Waals surface area contributed by atoms with E-state index in [2.05, 4.69) is 15.5 Å². The van der Waals surface area contributed by atoms with Gasteiger partial charge in [0.05, 0.1) is 5.92 Å². The first-order chi connectivity index (χ1) is 12.7. The number of para-hydroxylation sites is 1. The SMILES string of the molecule is O=C(NC1CCOCC1)[C@@H]1C[C@H]2CCCN2[C@]12C(=O)Nc1ccccc12. The van der Waals surface area contributed by atoms with Crippen LogP contribution in [0.15, 0.2) is 24.3 Å². The van der Waals surface area contributed by atoms with E-state index in [1.54, 1.807) is 0 Å². The van der Waals surface area contributed by atoms with E-state index in [1.165, 1.54) is 0 Å². The third kappa shape index (κ3) is 2.18. The van der Waals surface area contributed by atoms with Crippen molar-refractivity contribution in [3.63, 3.8) is 0 Å². The Morgan fingerprint density at radius 3 is 2.88 bits per heavy atom. The number of amides is 2. The van der Waals surface area contributed by atoms with Crippen LogP contribution in [-0.2, 0) is 19.9 Å². The maximum atomic E-state index is 13.3. The minimum absolute atomic E-state index is 0.0261. The molecule has 3 atom stereocenters. The molecule has 0 radical (unpaired) electrons. The summed E-state index contributed by atoms with van der Waals surface area (Å²) in [7, 11) is 0. The molecule has 0 aromatic heterocycles. The number of anilines is 1. The number of nitrogens with one attached hydrogen (secondary N) is 2. The number of nitrogens with zero attached hydrogens (tertiary/aromatic N) is 1. The normalized spacial score (nSPS) is 33.9. The molecule has 5 rings (SSSR count). The number of carbonyl (C=O) groups excluding carboxylic acids is 2. The summed E-state index contributed by atoms with van der Waals surface area (Å²) in [4.78, 5) is 28.9. The zero-order valence-electron chi connectivity index (χ0n) is 14.9. The molecule has 0 bridgehead atoms. The van der Waals surface area contributed by atoms with Gasteiger partial charge < -0.3 is 15.4 Å². The summed E-state index contributed by atoms with van der Waals surface area (Å²) < 4.78 is 5.40. The van der Waals surface area contributed by atoms with Gasteiger partial charge in [-0.3, -0.25) is 14.5 Å². The number of hydrogen-bond donors (Lipinski definition) is 2. The summed E-state index contributed by atoms with van der Waals surface area (Å²) in [5.74, 6) is -0.340.